The first-order chi connectivity index (χ1) is 15.7. The number of carbonyl (C=O) groups excluding carboxylic acids is 3. The maximum absolute atomic E-state index is 12.4. The van der Waals surface area contributed by atoms with Crippen molar-refractivity contribution in [2.75, 3.05) is 23.4 Å². The molecule has 2 heterocycles. The van der Waals surface area contributed by atoms with Crippen LogP contribution in [0.2, 0.25) is 0 Å². The van der Waals surface area contributed by atoms with E-state index in [0.717, 1.165) is 22.7 Å². The topological polar surface area (TPSA) is 137 Å². The second-order valence-corrected chi connectivity index (χ2v) is 10.6. The third kappa shape index (κ3) is 6.43. The summed E-state index contributed by atoms with van der Waals surface area (Å²) in [6.07, 6.45) is 3.07. The second kappa shape index (κ2) is 10.6. The monoisotopic (exact) mass is 508 g/mol. The molecule has 33 heavy (non-hydrogen) atoms. The molecule has 0 aliphatic carbocycles. The van der Waals surface area contributed by atoms with E-state index in [9.17, 15) is 22.8 Å². The van der Waals surface area contributed by atoms with Gasteiger partial charge in [-0.15, -0.1) is 17.9 Å². The number of anilines is 1. The fourth-order valence-corrected chi connectivity index (χ4v) is 5.48. The minimum Gasteiger partial charge on any atom is -0.462 e. The number of benzene rings is 1. The van der Waals surface area contributed by atoms with Gasteiger partial charge in [0.15, 0.2) is 19.8 Å². The van der Waals surface area contributed by atoms with E-state index in [4.69, 9.17) is 4.74 Å². The Bertz CT molecular complexity index is 1370. The van der Waals surface area contributed by atoms with Gasteiger partial charge in [-0.25, -0.2) is 18.2 Å². The Kier molecular flexibility index (Phi) is 7.89. The highest BCUT2D eigenvalue weighted by Crippen LogP contribution is 2.20. The quantitative estimate of drug-likeness (QED) is 0.345. The van der Waals surface area contributed by atoms with E-state index in [2.05, 4.69) is 21.9 Å². The first kappa shape index (κ1) is 24.5. The molecule has 0 bridgehead atoms. The van der Waals surface area contributed by atoms with Crippen LogP contribution in [0.1, 0.15) is 17.3 Å². The molecule has 10 nitrogen and oxygen atoms in total. The summed E-state index contributed by atoms with van der Waals surface area (Å²) < 4.78 is 32.0. The van der Waals surface area contributed by atoms with Crippen molar-refractivity contribution in [3.63, 3.8) is 0 Å². The van der Waals surface area contributed by atoms with E-state index in [1.165, 1.54) is 6.20 Å². The SMILES string of the molecule is C=CCn1c(=NC(=O)CS(=O)(=O)CC(=O)Nc2nccs2)sc2cc(C(=O)OCC)ccc21. The van der Waals surface area contributed by atoms with E-state index >= 15 is 0 Å². The smallest absolute Gasteiger partial charge is 0.338 e. The van der Waals surface area contributed by atoms with Gasteiger partial charge < -0.3 is 14.6 Å². The van der Waals surface area contributed by atoms with E-state index in [1.54, 1.807) is 41.1 Å². The predicted molar refractivity (Wildman–Crippen MR) is 126 cm³/mol. The largest absolute Gasteiger partial charge is 0.462 e. The van der Waals surface area contributed by atoms with Crippen molar-refractivity contribution in [3.05, 3.63) is 52.8 Å². The number of hydrogen-bond acceptors (Lipinski definition) is 9. The van der Waals surface area contributed by atoms with E-state index in [0.29, 0.717) is 22.3 Å². The first-order valence-electron chi connectivity index (χ1n) is 9.61. The van der Waals surface area contributed by atoms with Gasteiger partial charge in [0, 0.05) is 18.1 Å². The maximum Gasteiger partial charge on any atom is 0.338 e. The minimum absolute atomic E-state index is 0.239. The Hall–Kier alpha value is -3.16. The lowest BCUT2D eigenvalue weighted by molar-refractivity contribution is -0.115. The molecule has 0 fully saturated rings. The summed E-state index contributed by atoms with van der Waals surface area (Å²) in [5.41, 5.74) is 1.05. The number of aromatic nitrogens is 2. The van der Waals surface area contributed by atoms with Crippen LogP contribution in [0.4, 0.5) is 5.13 Å². The Labute approximate surface area is 197 Å². The van der Waals surface area contributed by atoms with E-state index in [1.807, 2.05) is 0 Å². The summed E-state index contributed by atoms with van der Waals surface area (Å²) >= 11 is 2.27. The maximum atomic E-state index is 12.4. The Morgan fingerprint density at radius 2 is 2.09 bits per heavy atom. The molecular weight excluding hydrogens is 488 g/mol. The zero-order chi connectivity index (χ0) is 24.0. The summed E-state index contributed by atoms with van der Waals surface area (Å²) in [6.45, 7) is 5.95. The van der Waals surface area contributed by atoms with Crippen molar-refractivity contribution >= 4 is 65.6 Å². The average molecular weight is 509 g/mol. The molecule has 0 aliphatic heterocycles. The van der Waals surface area contributed by atoms with E-state index < -0.39 is 39.1 Å². The normalized spacial score (nSPS) is 12.0. The average Bonchev–Trinajstić information content (AvgIpc) is 3.35. The molecule has 0 radical (unpaired) electrons. The summed E-state index contributed by atoms with van der Waals surface area (Å²) in [6, 6.07) is 4.93. The molecule has 0 saturated carbocycles. The number of rotatable bonds is 9. The number of esters is 1. The Morgan fingerprint density at radius 3 is 2.76 bits per heavy atom. The van der Waals surface area contributed by atoms with Gasteiger partial charge in [-0.2, -0.15) is 4.99 Å². The van der Waals surface area contributed by atoms with Crippen LogP contribution in [-0.4, -0.2) is 53.9 Å². The molecular formula is C20H20N4O6S3. The summed E-state index contributed by atoms with van der Waals surface area (Å²) in [5, 5.41) is 4.26. The fourth-order valence-electron chi connectivity index (χ4n) is 2.82. The number of amides is 2. The van der Waals surface area contributed by atoms with Gasteiger partial charge >= 0.3 is 5.97 Å². The first-order valence-corrected chi connectivity index (χ1v) is 13.1. The molecule has 1 N–H and O–H groups in total. The zero-order valence-electron chi connectivity index (χ0n) is 17.5. The van der Waals surface area contributed by atoms with Gasteiger partial charge in [0.25, 0.3) is 5.91 Å². The number of fused-ring (bicyclic) bond motifs is 1. The van der Waals surface area contributed by atoms with Crippen molar-refractivity contribution in [2.24, 2.45) is 4.99 Å². The van der Waals surface area contributed by atoms with Crippen molar-refractivity contribution in [3.8, 4) is 0 Å². The third-order valence-electron chi connectivity index (χ3n) is 4.10. The van der Waals surface area contributed by atoms with E-state index in [-0.39, 0.29) is 16.5 Å². The van der Waals surface area contributed by atoms with Crippen molar-refractivity contribution in [1.82, 2.24) is 9.55 Å². The molecule has 3 aromatic rings. The number of nitrogens with zero attached hydrogens (tertiary/aromatic N) is 3. The van der Waals surface area contributed by atoms with Crippen LogP contribution in [0.25, 0.3) is 10.2 Å². The lowest BCUT2D eigenvalue weighted by Crippen LogP contribution is -2.28. The number of ether oxygens (including phenoxy) is 1. The molecule has 0 spiro atoms. The number of nitrogens with one attached hydrogen (secondary N) is 1. The molecule has 2 amide bonds. The minimum atomic E-state index is -4.05. The molecule has 1 aromatic carbocycles. The van der Waals surface area contributed by atoms with Crippen LogP contribution in [0.3, 0.4) is 0 Å². The van der Waals surface area contributed by atoms with Gasteiger partial charge in [-0.1, -0.05) is 17.4 Å². The number of carbonyl (C=O) groups is 3. The molecule has 3 rings (SSSR count). The predicted octanol–water partition coefficient (Wildman–Crippen LogP) is 2.00. The van der Waals surface area contributed by atoms with Gasteiger partial charge in [-0.05, 0) is 25.1 Å². The number of thiazole rings is 2. The molecule has 13 heteroatoms. The van der Waals surface area contributed by atoms with Gasteiger partial charge in [-0.3, -0.25) is 9.59 Å². The number of hydrogen-bond donors (Lipinski definition) is 1. The van der Waals surface area contributed by atoms with Crippen LogP contribution in [0.5, 0.6) is 0 Å². The van der Waals surface area contributed by atoms with Gasteiger partial charge in [0.05, 0.1) is 22.4 Å². The molecule has 0 aliphatic rings. The highest BCUT2D eigenvalue weighted by molar-refractivity contribution is 7.92. The summed E-state index contributed by atoms with van der Waals surface area (Å²) in [5.74, 6) is -3.95. The number of sulfone groups is 1. The number of allylic oxidation sites excluding steroid dienone is 1. The lowest BCUT2D eigenvalue weighted by atomic mass is 10.2. The highest BCUT2D eigenvalue weighted by atomic mass is 32.2. The van der Waals surface area contributed by atoms with Crippen molar-refractivity contribution in [1.29, 1.82) is 0 Å². The van der Waals surface area contributed by atoms with Crippen LogP contribution >= 0.6 is 22.7 Å². The highest BCUT2D eigenvalue weighted by Gasteiger charge is 2.22. The molecule has 0 unspecified atom stereocenters. The van der Waals surface area contributed by atoms with Crippen molar-refractivity contribution in [2.45, 2.75) is 13.5 Å². The van der Waals surface area contributed by atoms with Crippen LogP contribution < -0.4 is 10.1 Å². The fraction of sp³-hybridized carbons (Fsp3) is 0.250. The molecule has 174 valence electrons. The Morgan fingerprint density at radius 1 is 1.30 bits per heavy atom. The molecule has 0 atom stereocenters. The summed E-state index contributed by atoms with van der Waals surface area (Å²) in [4.78, 5) is 44.4. The van der Waals surface area contributed by atoms with Gasteiger partial charge in [0.2, 0.25) is 5.91 Å². The van der Waals surface area contributed by atoms with Crippen LogP contribution in [-0.2, 0) is 30.7 Å². The van der Waals surface area contributed by atoms with Crippen LogP contribution in [0, 0.1) is 0 Å². The lowest BCUT2D eigenvalue weighted by Gasteiger charge is -2.04. The summed E-state index contributed by atoms with van der Waals surface area (Å²) in [7, 11) is -4.05. The Balaban J connectivity index is 1.83. The van der Waals surface area contributed by atoms with Crippen LogP contribution in [0.15, 0.2) is 47.4 Å². The molecule has 2 aromatic heterocycles. The third-order valence-corrected chi connectivity index (χ3v) is 7.22. The van der Waals surface area contributed by atoms with Crippen molar-refractivity contribution < 1.29 is 27.5 Å². The van der Waals surface area contributed by atoms with Gasteiger partial charge in [0.1, 0.15) is 11.5 Å². The standard InChI is InChI=1S/C20H20N4O6S3/c1-3-8-24-14-6-5-13(18(27)30-4-2)10-15(14)32-20(24)23-17(26)12-33(28,29)11-16(25)22-19-21-7-9-31-19/h3,5-7,9-10H,1,4,8,11-12H2,2H3,(H,21,22,25). The zero-order valence-corrected chi connectivity index (χ0v) is 20.0. The molecule has 0 saturated heterocycles. The second-order valence-electron chi connectivity index (χ2n) is 6.61.